The van der Waals surface area contributed by atoms with Crippen molar-refractivity contribution >= 4 is 5.71 Å². The second-order valence-electron chi connectivity index (χ2n) is 6.37. The van der Waals surface area contributed by atoms with Crippen molar-refractivity contribution in [3.63, 3.8) is 0 Å². The first-order valence-corrected chi connectivity index (χ1v) is 8.93. The molecule has 1 unspecified atom stereocenters. The number of hydrogen-bond acceptors (Lipinski definition) is 4. The van der Waals surface area contributed by atoms with E-state index in [1.807, 2.05) is 37.6 Å². The van der Waals surface area contributed by atoms with Gasteiger partial charge in [0.15, 0.2) is 0 Å². The van der Waals surface area contributed by atoms with Gasteiger partial charge in [-0.15, -0.1) is 0 Å². The van der Waals surface area contributed by atoms with Crippen LogP contribution in [0.1, 0.15) is 40.5 Å². The zero-order valence-corrected chi connectivity index (χ0v) is 16.6. The van der Waals surface area contributed by atoms with Gasteiger partial charge in [-0.3, -0.25) is 0 Å². The molecule has 0 radical (unpaired) electrons. The van der Waals surface area contributed by atoms with E-state index in [1.165, 1.54) is 5.57 Å². The number of rotatable bonds is 13. The van der Waals surface area contributed by atoms with Gasteiger partial charge in [0.1, 0.15) is 0 Å². The third-order valence-electron chi connectivity index (χ3n) is 3.29. The SMILES string of the molecule is C=C(/C=C\C=C(C)C)CNC(C)CN/N=C(\C)CC/C=C/C=C/NC. The van der Waals surface area contributed by atoms with Crippen molar-refractivity contribution in [2.75, 3.05) is 20.1 Å². The van der Waals surface area contributed by atoms with E-state index >= 15 is 0 Å². The van der Waals surface area contributed by atoms with Gasteiger partial charge in [0.2, 0.25) is 0 Å². The van der Waals surface area contributed by atoms with Crippen LogP contribution >= 0.6 is 0 Å². The van der Waals surface area contributed by atoms with Crippen molar-refractivity contribution in [2.24, 2.45) is 5.10 Å². The van der Waals surface area contributed by atoms with E-state index in [0.717, 1.165) is 37.2 Å². The summed E-state index contributed by atoms with van der Waals surface area (Å²) in [5.41, 5.74) is 6.62. The summed E-state index contributed by atoms with van der Waals surface area (Å²) in [5.74, 6) is 0. The molecular formula is C21H36N4. The molecule has 0 rings (SSSR count). The van der Waals surface area contributed by atoms with E-state index in [9.17, 15) is 0 Å². The maximum atomic E-state index is 4.41. The molecule has 0 aliphatic heterocycles. The Kier molecular flexibility index (Phi) is 14.2. The van der Waals surface area contributed by atoms with Crippen molar-refractivity contribution < 1.29 is 0 Å². The summed E-state index contributed by atoms with van der Waals surface area (Å²) in [6.45, 7) is 14.0. The molecule has 0 heterocycles. The van der Waals surface area contributed by atoms with Crippen LogP contribution < -0.4 is 16.1 Å². The fraction of sp³-hybridized carbons (Fsp3) is 0.476. The molecule has 0 fully saturated rings. The van der Waals surface area contributed by atoms with E-state index < -0.39 is 0 Å². The van der Waals surface area contributed by atoms with Crippen LogP contribution in [0.15, 0.2) is 65.5 Å². The highest BCUT2D eigenvalue weighted by Crippen LogP contribution is 1.96. The second kappa shape index (κ2) is 15.5. The average molecular weight is 345 g/mol. The molecule has 0 amide bonds. The van der Waals surface area contributed by atoms with E-state index in [1.54, 1.807) is 0 Å². The van der Waals surface area contributed by atoms with Crippen LogP contribution in [-0.2, 0) is 0 Å². The second-order valence-corrected chi connectivity index (χ2v) is 6.37. The summed E-state index contributed by atoms with van der Waals surface area (Å²) in [7, 11) is 1.89. The van der Waals surface area contributed by atoms with Gasteiger partial charge in [-0.1, -0.05) is 42.5 Å². The molecule has 0 aliphatic carbocycles. The van der Waals surface area contributed by atoms with Crippen molar-refractivity contribution in [3.8, 4) is 0 Å². The Labute approximate surface area is 154 Å². The standard InChI is InChI=1S/C21H36N4/c1-18(2)12-11-13-19(3)16-23-21(5)17-24-25-20(4)14-9-7-8-10-15-22-6/h7-8,10-13,15,21-24H,3,9,14,16-17H2,1-2,4-6H3/b8-7+,13-11-,15-10+,25-20+. The lowest BCUT2D eigenvalue weighted by Crippen LogP contribution is -2.35. The van der Waals surface area contributed by atoms with Crippen LogP contribution in [0.5, 0.6) is 0 Å². The molecule has 140 valence electrons. The normalized spacial score (nSPS) is 13.6. The Morgan fingerprint density at radius 2 is 1.92 bits per heavy atom. The Bertz CT molecular complexity index is 506. The van der Waals surface area contributed by atoms with Crippen LogP contribution in [0.4, 0.5) is 0 Å². The van der Waals surface area contributed by atoms with Crippen molar-refractivity contribution in [3.05, 3.63) is 60.4 Å². The average Bonchev–Trinajstić information content (AvgIpc) is 2.56. The number of hydrogen-bond donors (Lipinski definition) is 3. The first-order chi connectivity index (χ1) is 12.0. The summed E-state index contributed by atoms with van der Waals surface area (Å²) in [4.78, 5) is 0. The van der Waals surface area contributed by atoms with E-state index in [0.29, 0.717) is 6.04 Å². The van der Waals surface area contributed by atoms with Gasteiger partial charge < -0.3 is 16.1 Å². The number of nitrogens with zero attached hydrogens (tertiary/aromatic N) is 1. The summed E-state index contributed by atoms with van der Waals surface area (Å²) >= 11 is 0. The quantitative estimate of drug-likeness (QED) is 0.268. The van der Waals surface area contributed by atoms with Crippen molar-refractivity contribution in [2.45, 2.75) is 46.6 Å². The largest absolute Gasteiger partial charge is 0.394 e. The Balaban J connectivity index is 3.90. The first kappa shape index (κ1) is 22.9. The van der Waals surface area contributed by atoms with E-state index in [2.05, 4.69) is 67.6 Å². The minimum atomic E-state index is 0.330. The Hall–Kier alpha value is -2.07. The van der Waals surface area contributed by atoms with Crippen molar-refractivity contribution in [1.82, 2.24) is 16.1 Å². The lowest BCUT2D eigenvalue weighted by molar-refractivity contribution is 0.532. The minimum absolute atomic E-state index is 0.330. The van der Waals surface area contributed by atoms with Gasteiger partial charge in [0.05, 0.1) is 0 Å². The van der Waals surface area contributed by atoms with Crippen LogP contribution in [-0.4, -0.2) is 31.9 Å². The fourth-order valence-corrected chi connectivity index (χ4v) is 1.81. The molecule has 1 atom stereocenters. The lowest BCUT2D eigenvalue weighted by Gasteiger charge is -2.13. The molecule has 0 aromatic rings. The molecule has 0 saturated heterocycles. The molecule has 3 N–H and O–H groups in total. The number of hydrazone groups is 1. The molecule has 0 aromatic heterocycles. The third-order valence-corrected chi connectivity index (χ3v) is 3.29. The predicted molar refractivity (Wildman–Crippen MR) is 113 cm³/mol. The van der Waals surface area contributed by atoms with Gasteiger partial charge in [0.25, 0.3) is 0 Å². The van der Waals surface area contributed by atoms with E-state index in [-0.39, 0.29) is 0 Å². The fourth-order valence-electron chi connectivity index (χ4n) is 1.81. The Morgan fingerprint density at radius 1 is 1.16 bits per heavy atom. The predicted octanol–water partition coefficient (Wildman–Crippen LogP) is 4.08. The molecule has 0 spiro atoms. The van der Waals surface area contributed by atoms with Crippen LogP contribution in [0, 0.1) is 0 Å². The van der Waals surface area contributed by atoms with Crippen LogP contribution in [0.2, 0.25) is 0 Å². The lowest BCUT2D eigenvalue weighted by atomic mass is 10.2. The van der Waals surface area contributed by atoms with Gasteiger partial charge in [0, 0.05) is 31.9 Å². The smallest absolute Gasteiger partial charge is 0.0480 e. The van der Waals surface area contributed by atoms with Crippen molar-refractivity contribution in [1.29, 1.82) is 0 Å². The third kappa shape index (κ3) is 16.6. The maximum absolute atomic E-state index is 4.41. The molecule has 0 bridgehead atoms. The molecule has 0 aromatic carbocycles. The molecule has 4 nitrogen and oxygen atoms in total. The molecular weight excluding hydrogens is 308 g/mol. The van der Waals surface area contributed by atoms with E-state index in [4.69, 9.17) is 0 Å². The van der Waals surface area contributed by atoms with Gasteiger partial charge in [-0.05, 0) is 58.4 Å². The zero-order chi connectivity index (χ0) is 18.9. The molecule has 4 heteroatoms. The number of nitrogens with one attached hydrogen (secondary N) is 3. The summed E-state index contributed by atoms with van der Waals surface area (Å²) in [6, 6.07) is 0.330. The minimum Gasteiger partial charge on any atom is -0.394 e. The topological polar surface area (TPSA) is 48.5 Å². The highest BCUT2D eigenvalue weighted by molar-refractivity contribution is 5.81. The highest BCUT2D eigenvalue weighted by atomic mass is 15.3. The number of allylic oxidation sites excluding steroid dienone is 6. The molecule has 0 aliphatic rings. The summed E-state index contributed by atoms with van der Waals surface area (Å²) in [6.07, 6.45) is 16.2. The highest BCUT2D eigenvalue weighted by Gasteiger charge is 2.00. The Morgan fingerprint density at radius 3 is 2.60 bits per heavy atom. The van der Waals surface area contributed by atoms with Gasteiger partial charge in [-0.25, -0.2) is 0 Å². The van der Waals surface area contributed by atoms with Gasteiger partial charge >= 0.3 is 0 Å². The first-order valence-electron chi connectivity index (χ1n) is 8.93. The summed E-state index contributed by atoms with van der Waals surface area (Å²) < 4.78 is 0. The zero-order valence-electron chi connectivity index (χ0n) is 16.6. The van der Waals surface area contributed by atoms with Crippen LogP contribution in [0.3, 0.4) is 0 Å². The maximum Gasteiger partial charge on any atom is 0.0480 e. The van der Waals surface area contributed by atoms with Gasteiger partial charge in [-0.2, -0.15) is 5.10 Å². The molecule has 0 saturated carbocycles. The molecule has 25 heavy (non-hydrogen) atoms. The monoisotopic (exact) mass is 344 g/mol. The van der Waals surface area contributed by atoms with Crippen LogP contribution in [0.25, 0.3) is 0 Å². The summed E-state index contributed by atoms with van der Waals surface area (Å²) in [5, 5.41) is 10.8.